The molecule has 1 fully saturated rings. The quantitative estimate of drug-likeness (QED) is 0.680. The fourth-order valence-corrected chi connectivity index (χ4v) is 3.29. The lowest BCUT2D eigenvalue weighted by atomic mass is 10.0. The average molecular weight is 410 g/mol. The number of carbonyl (C=O) groups excluding carboxylic acids is 2. The zero-order valence-corrected chi connectivity index (χ0v) is 16.5. The van der Waals surface area contributed by atoms with Crippen molar-refractivity contribution < 1.29 is 23.9 Å². The van der Waals surface area contributed by atoms with Crippen molar-refractivity contribution in [3.63, 3.8) is 0 Å². The maximum Gasteiger partial charge on any atom is 0.264 e. The minimum atomic E-state index is -0.743. The summed E-state index contributed by atoms with van der Waals surface area (Å²) < 4.78 is 10.6. The van der Waals surface area contributed by atoms with Crippen LogP contribution in [-0.2, 0) is 19.2 Å². The summed E-state index contributed by atoms with van der Waals surface area (Å²) in [4.78, 5) is 29.3. The Morgan fingerprint density at radius 3 is 2.96 bits per heavy atom. The van der Waals surface area contributed by atoms with Crippen LogP contribution in [0.25, 0.3) is 0 Å². The van der Waals surface area contributed by atoms with Gasteiger partial charge in [0, 0.05) is 38.1 Å². The zero-order chi connectivity index (χ0) is 19.9. The molecule has 1 saturated heterocycles. The first kappa shape index (κ1) is 20.4. The van der Waals surface area contributed by atoms with Gasteiger partial charge in [0.05, 0.1) is 23.9 Å². The smallest absolute Gasteiger partial charge is 0.264 e. The highest BCUT2D eigenvalue weighted by Crippen LogP contribution is 2.27. The van der Waals surface area contributed by atoms with E-state index >= 15 is 0 Å². The van der Waals surface area contributed by atoms with Gasteiger partial charge in [-0.1, -0.05) is 16.8 Å². The Morgan fingerprint density at radius 2 is 2.21 bits per heavy atom. The van der Waals surface area contributed by atoms with Crippen molar-refractivity contribution in [2.45, 2.75) is 37.9 Å². The van der Waals surface area contributed by atoms with Gasteiger partial charge in [0.2, 0.25) is 12.0 Å². The molecule has 0 bridgehead atoms. The number of rotatable bonds is 8. The second kappa shape index (κ2) is 9.75. The first-order valence-electron chi connectivity index (χ1n) is 9.29. The zero-order valence-electron chi connectivity index (χ0n) is 15.7. The number of methoxy groups -OCH3 is 1. The van der Waals surface area contributed by atoms with Crippen molar-refractivity contribution in [2.75, 3.05) is 26.8 Å². The van der Waals surface area contributed by atoms with Gasteiger partial charge >= 0.3 is 0 Å². The maximum absolute atomic E-state index is 12.3. The Hall–Kier alpha value is -2.32. The minimum absolute atomic E-state index is 0.101. The molecule has 2 amide bonds. The van der Waals surface area contributed by atoms with E-state index in [1.807, 2.05) is 0 Å². The van der Waals surface area contributed by atoms with E-state index in [0.29, 0.717) is 35.0 Å². The van der Waals surface area contributed by atoms with E-state index in [4.69, 9.17) is 25.9 Å². The summed E-state index contributed by atoms with van der Waals surface area (Å²) >= 11 is 6.21. The van der Waals surface area contributed by atoms with Gasteiger partial charge in [0.25, 0.3) is 5.91 Å². The summed E-state index contributed by atoms with van der Waals surface area (Å²) in [7, 11) is 1.56. The molecule has 0 spiro atoms. The summed E-state index contributed by atoms with van der Waals surface area (Å²) in [5.41, 5.74) is 1.25. The second-order valence-corrected chi connectivity index (χ2v) is 7.07. The summed E-state index contributed by atoms with van der Waals surface area (Å²) in [6.07, 6.45) is 1.85. The fourth-order valence-electron chi connectivity index (χ4n) is 3.06. The molecule has 2 heterocycles. The van der Waals surface area contributed by atoms with Crippen LogP contribution in [0.15, 0.2) is 23.4 Å². The molecule has 2 N–H and O–H groups in total. The Labute approximate surface area is 168 Å². The van der Waals surface area contributed by atoms with Crippen molar-refractivity contribution in [2.24, 2.45) is 5.16 Å². The van der Waals surface area contributed by atoms with E-state index in [1.165, 1.54) is 0 Å². The Morgan fingerprint density at radius 1 is 1.36 bits per heavy atom. The van der Waals surface area contributed by atoms with Gasteiger partial charge in [-0.2, -0.15) is 0 Å². The molecule has 0 radical (unpaired) electrons. The standard InChI is InChI=1S/C19H24ClN3O5/c1-26-12-4-5-15(20)14(9-12)16-10-17(28-23-16)19(25)21-7-6-18(24)22-11-13-3-2-8-27-13/h4-5,9,13,17H,2-3,6-8,10-11H2,1H3,(H,21,25)(H,22,24)/t13-,17+/m1/s1. The number of hydrogen-bond donors (Lipinski definition) is 2. The SMILES string of the molecule is COc1ccc(Cl)c(C2=NO[C@H](C(=O)NCCC(=O)NC[C@H]3CCCO3)C2)c1. The number of oxime groups is 1. The number of ether oxygens (including phenoxy) is 2. The third-order valence-electron chi connectivity index (χ3n) is 4.65. The Kier molecular flexibility index (Phi) is 7.11. The van der Waals surface area contributed by atoms with Gasteiger partial charge in [-0.25, -0.2) is 0 Å². The number of benzene rings is 1. The van der Waals surface area contributed by atoms with Gasteiger partial charge in [0.15, 0.2) is 0 Å². The van der Waals surface area contributed by atoms with Crippen molar-refractivity contribution in [1.29, 1.82) is 0 Å². The molecule has 0 aliphatic carbocycles. The molecule has 3 rings (SSSR count). The predicted molar refractivity (Wildman–Crippen MR) is 104 cm³/mol. The molecule has 1 aromatic carbocycles. The molecule has 2 aliphatic heterocycles. The van der Waals surface area contributed by atoms with Crippen LogP contribution in [0.1, 0.15) is 31.2 Å². The lowest BCUT2D eigenvalue weighted by Crippen LogP contribution is -2.38. The van der Waals surface area contributed by atoms with Crippen LogP contribution in [0, 0.1) is 0 Å². The fraction of sp³-hybridized carbons (Fsp3) is 0.526. The van der Waals surface area contributed by atoms with E-state index in [1.54, 1.807) is 25.3 Å². The number of halogens is 1. The predicted octanol–water partition coefficient (Wildman–Crippen LogP) is 1.64. The molecule has 8 nitrogen and oxygen atoms in total. The van der Waals surface area contributed by atoms with E-state index in [9.17, 15) is 9.59 Å². The van der Waals surface area contributed by atoms with Gasteiger partial charge in [-0.3, -0.25) is 9.59 Å². The molecule has 28 heavy (non-hydrogen) atoms. The van der Waals surface area contributed by atoms with Gasteiger partial charge in [-0.15, -0.1) is 0 Å². The van der Waals surface area contributed by atoms with Crippen LogP contribution >= 0.6 is 11.6 Å². The minimum Gasteiger partial charge on any atom is -0.497 e. The Balaban J connectivity index is 1.40. The molecule has 2 atom stereocenters. The molecular formula is C19H24ClN3O5. The molecule has 9 heteroatoms. The van der Waals surface area contributed by atoms with Crippen LogP contribution in [0.5, 0.6) is 5.75 Å². The van der Waals surface area contributed by atoms with Gasteiger partial charge < -0.3 is 24.9 Å². The average Bonchev–Trinajstić information content (AvgIpc) is 3.39. The van der Waals surface area contributed by atoms with E-state index in [-0.39, 0.29) is 30.9 Å². The third kappa shape index (κ3) is 5.36. The van der Waals surface area contributed by atoms with Crippen LogP contribution in [-0.4, -0.2) is 56.5 Å². The molecule has 0 saturated carbocycles. The molecule has 1 aromatic rings. The van der Waals surface area contributed by atoms with Crippen molar-refractivity contribution in [1.82, 2.24) is 10.6 Å². The molecule has 0 aromatic heterocycles. The first-order valence-corrected chi connectivity index (χ1v) is 9.67. The summed E-state index contributed by atoms with van der Waals surface area (Å²) in [5, 5.41) is 10.0. The molecular weight excluding hydrogens is 386 g/mol. The van der Waals surface area contributed by atoms with Crippen molar-refractivity contribution in [3.05, 3.63) is 28.8 Å². The number of carbonyl (C=O) groups is 2. The topological polar surface area (TPSA) is 98.3 Å². The van der Waals surface area contributed by atoms with Crippen LogP contribution < -0.4 is 15.4 Å². The molecule has 2 aliphatic rings. The maximum atomic E-state index is 12.3. The van der Waals surface area contributed by atoms with E-state index < -0.39 is 6.10 Å². The summed E-state index contributed by atoms with van der Waals surface area (Å²) in [6.45, 7) is 1.49. The van der Waals surface area contributed by atoms with Gasteiger partial charge in [0.1, 0.15) is 5.75 Å². The summed E-state index contributed by atoms with van der Waals surface area (Å²) in [6, 6.07) is 5.21. The third-order valence-corrected chi connectivity index (χ3v) is 4.98. The highest BCUT2D eigenvalue weighted by molar-refractivity contribution is 6.34. The summed E-state index contributed by atoms with van der Waals surface area (Å²) in [5.74, 6) is 0.206. The second-order valence-electron chi connectivity index (χ2n) is 6.66. The largest absolute Gasteiger partial charge is 0.497 e. The van der Waals surface area contributed by atoms with Crippen LogP contribution in [0.2, 0.25) is 5.02 Å². The van der Waals surface area contributed by atoms with Crippen LogP contribution in [0.3, 0.4) is 0 Å². The number of nitrogens with one attached hydrogen (secondary N) is 2. The van der Waals surface area contributed by atoms with Gasteiger partial charge in [-0.05, 0) is 31.0 Å². The normalized spacial score (nSPS) is 21.0. The lowest BCUT2D eigenvalue weighted by Gasteiger charge is -2.12. The lowest BCUT2D eigenvalue weighted by molar-refractivity contribution is -0.131. The number of nitrogens with zero attached hydrogens (tertiary/aromatic N) is 1. The van der Waals surface area contributed by atoms with Crippen molar-refractivity contribution in [3.8, 4) is 5.75 Å². The number of amides is 2. The Bertz CT molecular complexity index is 749. The van der Waals surface area contributed by atoms with Crippen LogP contribution in [0.4, 0.5) is 0 Å². The highest BCUT2D eigenvalue weighted by Gasteiger charge is 2.30. The first-order chi connectivity index (χ1) is 13.6. The number of hydrogen-bond acceptors (Lipinski definition) is 6. The monoisotopic (exact) mass is 409 g/mol. The highest BCUT2D eigenvalue weighted by atomic mass is 35.5. The molecule has 152 valence electrons. The van der Waals surface area contributed by atoms with Crippen molar-refractivity contribution >= 4 is 29.1 Å². The van der Waals surface area contributed by atoms with E-state index in [2.05, 4.69) is 15.8 Å². The van der Waals surface area contributed by atoms with E-state index in [0.717, 1.165) is 19.4 Å². The molecule has 0 unspecified atom stereocenters.